The van der Waals surface area contributed by atoms with Crippen LogP contribution >= 0.6 is 0 Å². The molecule has 3 aromatic rings. The molecule has 2 amide bonds. The molecule has 7 heteroatoms. The standard InChI is InChI=1S/C27H30N2O5/c1-32-27(33-2,24-18-23(30)19-29(24)25(28)31)34-26(20-12-6-3-7-13-20,21-14-8-4-9-15-21)22-16-10-5-11-17-22/h3-17,23-24,30H,18-19H2,1-2H3,(H2,28,31). The summed E-state index contributed by atoms with van der Waals surface area (Å²) >= 11 is 0. The topological polar surface area (TPSA) is 94.2 Å². The highest BCUT2D eigenvalue weighted by Crippen LogP contribution is 2.46. The van der Waals surface area contributed by atoms with Crippen LogP contribution in [0.2, 0.25) is 0 Å². The van der Waals surface area contributed by atoms with Crippen molar-refractivity contribution in [2.45, 2.75) is 30.1 Å². The van der Waals surface area contributed by atoms with Crippen LogP contribution in [0.1, 0.15) is 23.1 Å². The molecule has 3 N–H and O–H groups in total. The predicted octanol–water partition coefficient (Wildman–Crippen LogP) is 3.46. The Morgan fingerprint density at radius 1 is 0.853 bits per heavy atom. The number of carbonyl (C=O) groups excluding carboxylic acids is 1. The molecule has 4 rings (SSSR count). The summed E-state index contributed by atoms with van der Waals surface area (Å²) in [6, 6.07) is 27.8. The lowest BCUT2D eigenvalue weighted by molar-refractivity contribution is -0.405. The lowest BCUT2D eigenvalue weighted by Crippen LogP contribution is -2.60. The largest absolute Gasteiger partial charge is 0.391 e. The number of hydrogen-bond donors (Lipinski definition) is 2. The number of methoxy groups -OCH3 is 2. The van der Waals surface area contributed by atoms with Crippen molar-refractivity contribution in [3.63, 3.8) is 0 Å². The molecule has 0 radical (unpaired) electrons. The van der Waals surface area contributed by atoms with E-state index in [9.17, 15) is 9.90 Å². The van der Waals surface area contributed by atoms with Crippen LogP contribution in [-0.4, -0.2) is 54.9 Å². The lowest BCUT2D eigenvalue weighted by Gasteiger charge is -2.46. The summed E-state index contributed by atoms with van der Waals surface area (Å²) in [7, 11) is 2.91. The molecule has 0 aliphatic carbocycles. The number of aliphatic hydroxyl groups is 1. The van der Waals surface area contributed by atoms with Gasteiger partial charge in [0.2, 0.25) is 0 Å². The van der Waals surface area contributed by atoms with Crippen LogP contribution < -0.4 is 5.73 Å². The zero-order chi connectivity index (χ0) is 24.2. The van der Waals surface area contributed by atoms with Crippen LogP contribution in [-0.2, 0) is 19.8 Å². The van der Waals surface area contributed by atoms with Crippen LogP contribution in [0.3, 0.4) is 0 Å². The first-order chi connectivity index (χ1) is 16.5. The zero-order valence-electron chi connectivity index (χ0n) is 19.3. The number of nitrogens with zero attached hydrogens (tertiary/aromatic N) is 1. The highest BCUT2D eigenvalue weighted by molar-refractivity contribution is 5.73. The van der Waals surface area contributed by atoms with Crippen molar-refractivity contribution in [1.29, 1.82) is 0 Å². The summed E-state index contributed by atoms with van der Waals surface area (Å²) in [5.74, 6) is -1.74. The van der Waals surface area contributed by atoms with Gasteiger partial charge in [-0.1, -0.05) is 91.0 Å². The summed E-state index contributed by atoms with van der Waals surface area (Å²) in [5, 5.41) is 10.4. The minimum Gasteiger partial charge on any atom is -0.391 e. The van der Waals surface area contributed by atoms with Gasteiger partial charge in [0, 0.05) is 27.2 Å². The number of β-amino-alcohol motifs (C(OH)–C–C–N with tert-alkyl or cyclic N) is 1. The molecule has 1 aliphatic heterocycles. The summed E-state index contributed by atoms with van der Waals surface area (Å²) in [6.07, 6.45) is -0.607. The number of nitrogens with two attached hydrogens (primary N) is 1. The van der Waals surface area contributed by atoms with E-state index >= 15 is 0 Å². The lowest BCUT2D eigenvalue weighted by atomic mass is 9.80. The van der Waals surface area contributed by atoms with Crippen molar-refractivity contribution >= 4 is 6.03 Å². The first kappa shape index (κ1) is 23.9. The molecule has 1 heterocycles. The second-order valence-corrected chi connectivity index (χ2v) is 8.29. The van der Waals surface area contributed by atoms with Crippen LogP contribution in [0.15, 0.2) is 91.0 Å². The van der Waals surface area contributed by atoms with E-state index in [0.29, 0.717) is 0 Å². The normalized spacial score (nSPS) is 18.7. The Bertz CT molecular complexity index is 977. The summed E-state index contributed by atoms with van der Waals surface area (Å²) < 4.78 is 18.8. The molecule has 1 saturated heterocycles. The SMILES string of the molecule is COC(OC)(OC(c1ccccc1)(c1ccccc1)c1ccccc1)C1CC(O)CN1C(N)=O. The molecule has 1 aliphatic rings. The number of urea groups is 1. The van der Waals surface area contributed by atoms with Gasteiger partial charge in [-0.25, -0.2) is 4.79 Å². The van der Waals surface area contributed by atoms with Gasteiger partial charge < -0.3 is 30.0 Å². The maximum absolute atomic E-state index is 12.3. The Balaban J connectivity index is 1.97. The number of benzene rings is 3. The van der Waals surface area contributed by atoms with Gasteiger partial charge in [-0.2, -0.15) is 0 Å². The van der Waals surface area contributed by atoms with Crippen molar-refractivity contribution in [3.05, 3.63) is 108 Å². The molecular formula is C27H30N2O5. The van der Waals surface area contributed by atoms with Gasteiger partial charge in [0.1, 0.15) is 11.6 Å². The minimum atomic E-state index is -1.74. The molecule has 0 aromatic heterocycles. The van der Waals surface area contributed by atoms with Crippen molar-refractivity contribution in [2.75, 3.05) is 20.8 Å². The molecule has 34 heavy (non-hydrogen) atoms. The van der Waals surface area contributed by atoms with Gasteiger partial charge in [-0.05, 0) is 16.7 Å². The number of likely N-dealkylation sites (tertiary alicyclic amines) is 1. The van der Waals surface area contributed by atoms with Gasteiger partial charge in [0.25, 0.3) is 0 Å². The van der Waals surface area contributed by atoms with E-state index in [1.165, 1.54) is 19.1 Å². The fourth-order valence-electron chi connectivity index (χ4n) is 4.81. The van der Waals surface area contributed by atoms with Gasteiger partial charge in [-0.3, -0.25) is 0 Å². The second kappa shape index (κ2) is 9.95. The molecule has 0 bridgehead atoms. The summed E-state index contributed by atoms with van der Waals surface area (Å²) in [5.41, 5.74) is 7.02. The van der Waals surface area contributed by atoms with Gasteiger partial charge in [0.05, 0.1) is 6.10 Å². The quantitative estimate of drug-likeness (QED) is 0.395. The van der Waals surface area contributed by atoms with Crippen LogP contribution in [0.5, 0.6) is 0 Å². The van der Waals surface area contributed by atoms with E-state index in [1.54, 1.807) is 0 Å². The Morgan fingerprint density at radius 2 is 1.26 bits per heavy atom. The Morgan fingerprint density at radius 3 is 1.62 bits per heavy atom. The van der Waals surface area contributed by atoms with Crippen LogP contribution in [0, 0.1) is 0 Å². The molecule has 178 valence electrons. The molecule has 1 fully saturated rings. The molecule has 3 aromatic carbocycles. The van der Waals surface area contributed by atoms with E-state index in [1.807, 2.05) is 91.0 Å². The van der Waals surface area contributed by atoms with Crippen molar-refractivity contribution in [2.24, 2.45) is 5.73 Å². The minimum absolute atomic E-state index is 0.0623. The molecular weight excluding hydrogens is 432 g/mol. The van der Waals surface area contributed by atoms with Crippen molar-refractivity contribution in [1.82, 2.24) is 4.90 Å². The number of carbonyl (C=O) groups is 1. The first-order valence-corrected chi connectivity index (χ1v) is 11.2. The van der Waals surface area contributed by atoms with Crippen LogP contribution in [0.4, 0.5) is 4.79 Å². The van der Waals surface area contributed by atoms with E-state index < -0.39 is 29.8 Å². The predicted molar refractivity (Wildman–Crippen MR) is 128 cm³/mol. The summed E-state index contributed by atoms with van der Waals surface area (Å²) in [4.78, 5) is 13.6. The van der Waals surface area contributed by atoms with Crippen molar-refractivity contribution < 1.29 is 24.1 Å². The smallest absolute Gasteiger partial charge is 0.315 e. The van der Waals surface area contributed by atoms with Gasteiger partial charge in [-0.15, -0.1) is 0 Å². The Kier molecular flexibility index (Phi) is 7.00. The number of rotatable bonds is 8. The third kappa shape index (κ3) is 4.19. The monoisotopic (exact) mass is 462 g/mol. The van der Waals surface area contributed by atoms with E-state index in [0.717, 1.165) is 16.7 Å². The third-order valence-corrected chi connectivity index (χ3v) is 6.38. The Hall–Kier alpha value is -3.23. The molecule has 7 nitrogen and oxygen atoms in total. The second-order valence-electron chi connectivity index (χ2n) is 8.29. The maximum atomic E-state index is 12.3. The molecule has 2 atom stereocenters. The van der Waals surface area contributed by atoms with Gasteiger partial charge >= 0.3 is 12.0 Å². The number of amides is 2. The maximum Gasteiger partial charge on any atom is 0.315 e. The highest BCUT2D eigenvalue weighted by Gasteiger charge is 2.56. The number of aliphatic hydroxyl groups excluding tert-OH is 1. The molecule has 2 unspecified atom stereocenters. The molecule has 0 spiro atoms. The highest BCUT2D eigenvalue weighted by atomic mass is 16.9. The Labute approximate surface area is 199 Å². The average Bonchev–Trinajstić information content (AvgIpc) is 3.29. The first-order valence-electron chi connectivity index (χ1n) is 11.2. The number of hydrogen-bond acceptors (Lipinski definition) is 5. The summed E-state index contributed by atoms with van der Waals surface area (Å²) in [6.45, 7) is 0.0623. The van der Waals surface area contributed by atoms with Crippen molar-refractivity contribution in [3.8, 4) is 0 Å². The number of primary amides is 1. The van der Waals surface area contributed by atoms with E-state index in [2.05, 4.69) is 0 Å². The zero-order valence-corrected chi connectivity index (χ0v) is 19.3. The third-order valence-electron chi connectivity index (χ3n) is 6.38. The number of ether oxygens (including phenoxy) is 3. The fourth-order valence-corrected chi connectivity index (χ4v) is 4.81. The van der Waals surface area contributed by atoms with E-state index in [-0.39, 0.29) is 13.0 Å². The average molecular weight is 463 g/mol. The van der Waals surface area contributed by atoms with Gasteiger partial charge in [0.15, 0.2) is 0 Å². The fraction of sp³-hybridized carbons (Fsp3) is 0.296. The van der Waals surface area contributed by atoms with Crippen LogP contribution in [0.25, 0.3) is 0 Å². The van der Waals surface area contributed by atoms with E-state index in [4.69, 9.17) is 19.9 Å². The molecule has 0 saturated carbocycles.